The average molecular weight is 220 g/mol. The van der Waals surface area contributed by atoms with Gasteiger partial charge in [-0.1, -0.05) is 30.3 Å². The van der Waals surface area contributed by atoms with Crippen LogP contribution in [-0.2, 0) is 6.42 Å². The zero-order valence-electron chi connectivity index (χ0n) is 9.55. The van der Waals surface area contributed by atoms with Gasteiger partial charge in [0.1, 0.15) is 0 Å². The topological polar surface area (TPSA) is 40.5 Å². The summed E-state index contributed by atoms with van der Waals surface area (Å²) >= 11 is 0. The van der Waals surface area contributed by atoms with Crippen LogP contribution in [0, 0.1) is 5.92 Å². The van der Waals surface area contributed by atoms with Crippen LogP contribution in [0.2, 0.25) is 0 Å². The quantitative estimate of drug-likeness (QED) is 0.750. The third-order valence-electron chi connectivity index (χ3n) is 3.50. The van der Waals surface area contributed by atoms with E-state index in [1.54, 1.807) is 0 Å². The summed E-state index contributed by atoms with van der Waals surface area (Å²) in [7, 11) is 0. The van der Waals surface area contributed by atoms with Crippen LogP contribution in [0.25, 0.3) is 0 Å². The molecular formula is C14H20O2. The van der Waals surface area contributed by atoms with E-state index in [9.17, 15) is 10.2 Å². The molecule has 1 aromatic rings. The molecule has 1 aromatic carbocycles. The molecule has 16 heavy (non-hydrogen) atoms. The molecule has 0 saturated heterocycles. The van der Waals surface area contributed by atoms with Gasteiger partial charge in [0.05, 0.1) is 12.2 Å². The van der Waals surface area contributed by atoms with E-state index in [2.05, 4.69) is 12.1 Å². The molecule has 0 bridgehead atoms. The number of rotatable bonds is 2. The Balaban J connectivity index is 2.01. The van der Waals surface area contributed by atoms with E-state index in [0.29, 0.717) is 0 Å². The summed E-state index contributed by atoms with van der Waals surface area (Å²) in [6.45, 7) is 0. The van der Waals surface area contributed by atoms with Gasteiger partial charge < -0.3 is 10.2 Å². The van der Waals surface area contributed by atoms with Crippen molar-refractivity contribution in [3.63, 3.8) is 0 Å². The van der Waals surface area contributed by atoms with Crippen molar-refractivity contribution in [1.82, 2.24) is 0 Å². The van der Waals surface area contributed by atoms with Crippen LogP contribution in [0.3, 0.4) is 0 Å². The Morgan fingerprint density at radius 2 is 1.81 bits per heavy atom. The first-order chi connectivity index (χ1) is 7.75. The van der Waals surface area contributed by atoms with E-state index in [0.717, 1.165) is 32.1 Å². The molecule has 1 fully saturated rings. The fourth-order valence-corrected chi connectivity index (χ4v) is 2.56. The monoisotopic (exact) mass is 220 g/mol. The molecule has 2 nitrogen and oxygen atoms in total. The van der Waals surface area contributed by atoms with Gasteiger partial charge in [0.25, 0.3) is 0 Å². The Morgan fingerprint density at radius 3 is 2.56 bits per heavy atom. The number of aliphatic hydroxyl groups excluding tert-OH is 2. The minimum absolute atomic E-state index is 0.208. The lowest BCUT2D eigenvalue weighted by molar-refractivity contribution is 0.0773. The van der Waals surface area contributed by atoms with E-state index < -0.39 is 0 Å². The lowest BCUT2D eigenvalue weighted by Crippen LogP contribution is -2.23. The first-order valence-electron chi connectivity index (χ1n) is 6.16. The van der Waals surface area contributed by atoms with Gasteiger partial charge in [-0.3, -0.25) is 0 Å². The van der Waals surface area contributed by atoms with Gasteiger partial charge in [-0.2, -0.15) is 0 Å². The molecule has 0 heterocycles. The highest BCUT2D eigenvalue weighted by molar-refractivity contribution is 5.15. The maximum atomic E-state index is 10.0. The molecule has 1 saturated carbocycles. The van der Waals surface area contributed by atoms with Crippen LogP contribution >= 0.6 is 0 Å². The molecule has 0 unspecified atom stereocenters. The van der Waals surface area contributed by atoms with Crippen LogP contribution in [0.5, 0.6) is 0 Å². The van der Waals surface area contributed by atoms with Gasteiger partial charge in [-0.25, -0.2) is 0 Å². The zero-order valence-corrected chi connectivity index (χ0v) is 9.55. The van der Waals surface area contributed by atoms with Crippen molar-refractivity contribution in [1.29, 1.82) is 0 Å². The largest absolute Gasteiger partial charge is 0.393 e. The molecule has 0 radical (unpaired) electrons. The predicted octanol–water partition coefficient (Wildman–Crippen LogP) is 2.14. The molecule has 88 valence electrons. The summed E-state index contributed by atoms with van der Waals surface area (Å²) < 4.78 is 0. The summed E-state index contributed by atoms with van der Waals surface area (Å²) in [4.78, 5) is 0. The summed E-state index contributed by atoms with van der Waals surface area (Å²) in [5, 5.41) is 19.8. The first kappa shape index (κ1) is 11.6. The van der Waals surface area contributed by atoms with Gasteiger partial charge in [0, 0.05) is 0 Å². The summed E-state index contributed by atoms with van der Waals surface area (Å²) in [5.41, 5.74) is 1.25. The molecule has 2 rings (SSSR count). The Morgan fingerprint density at radius 1 is 1.06 bits per heavy atom. The molecule has 0 aliphatic heterocycles. The summed E-state index contributed by atoms with van der Waals surface area (Å²) in [6, 6.07) is 10.2. The van der Waals surface area contributed by atoms with Crippen molar-refractivity contribution in [3.05, 3.63) is 35.9 Å². The highest BCUT2D eigenvalue weighted by Gasteiger charge is 2.25. The summed E-state index contributed by atoms with van der Waals surface area (Å²) in [6.07, 6.45) is 3.72. The third-order valence-corrected chi connectivity index (χ3v) is 3.50. The van der Waals surface area contributed by atoms with Crippen LogP contribution < -0.4 is 0 Å². The fourth-order valence-electron chi connectivity index (χ4n) is 2.56. The Kier molecular flexibility index (Phi) is 3.97. The Labute approximate surface area is 96.9 Å². The zero-order chi connectivity index (χ0) is 11.4. The van der Waals surface area contributed by atoms with Crippen molar-refractivity contribution in [2.45, 2.75) is 44.3 Å². The van der Waals surface area contributed by atoms with Crippen molar-refractivity contribution in [2.24, 2.45) is 5.92 Å². The number of hydrogen-bond donors (Lipinski definition) is 2. The van der Waals surface area contributed by atoms with Gasteiger partial charge >= 0.3 is 0 Å². The highest BCUT2D eigenvalue weighted by atomic mass is 16.3. The lowest BCUT2D eigenvalue weighted by Gasteiger charge is -2.21. The lowest BCUT2D eigenvalue weighted by atomic mass is 9.90. The molecular weight excluding hydrogens is 200 g/mol. The molecule has 0 spiro atoms. The van der Waals surface area contributed by atoms with Crippen molar-refractivity contribution in [2.75, 3.05) is 0 Å². The van der Waals surface area contributed by atoms with Crippen molar-refractivity contribution < 1.29 is 10.2 Å². The van der Waals surface area contributed by atoms with E-state index in [1.807, 2.05) is 18.2 Å². The van der Waals surface area contributed by atoms with E-state index in [-0.39, 0.29) is 18.1 Å². The molecule has 1 aliphatic rings. The molecule has 1 aliphatic carbocycles. The maximum Gasteiger partial charge on any atom is 0.0572 e. The van der Waals surface area contributed by atoms with E-state index in [4.69, 9.17) is 0 Å². The van der Waals surface area contributed by atoms with Crippen molar-refractivity contribution in [3.8, 4) is 0 Å². The van der Waals surface area contributed by atoms with Crippen LogP contribution in [0.1, 0.15) is 31.2 Å². The van der Waals surface area contributed by atoms with E-state index in [1.165, 1.54) is 5.56 Å². The Hall–Kier alpha value is -0.860. The number of aliphatic hydroxyl groups is 2. The maximum absolute atomic E-state index is 10.0. The predicted molar refractivity (Wildman–Crippen MR) is 64.1 cm³/mol. The standard InChI is InChI=1S/C14H20O2/c15-13-7-4-8-14(16)12(10-13)9-11-5-2-1-3-6-11/h1-3,5-6,12-16H,4,7-10H2/t12-,13+,14-/m1/s1. The number of hydrogen-bond acceptors (Lipinski definition) is 2. The molecule has 0 aromatic heterocycles. The SMILES string of the molecule is O[C@H]1CCC[C@@H](O)[C@H](Cc2ccccc2)C1. The molecule has 2 N–H and O–H groups in total. The van der Waals surface area contributed by atoms with Crippen molar-refractivity contribution >= 4 is 0 Å². The molecule has 3 atom stereocenters. The van der Waals surface area contributed by atoms with Gasteiger partial charge in [0.15, 0.2) is 0 Å². The van der Waals surface area contributed by atoms with E-state index >= 15 is 0 Å². The van der Waals surface area contributed by atoms with Crippen LogP contribution in [-0.4, -0.2) is 22.4 Å². The van der Waals surface area contributed by atoms with Gasteiger partial charge in [0.2, 0.25) is 0 Å². The van der Waals surface area contributed by atoms with Crippen LogP contribution in [0.4, 0.5) is 0 Å². The second-order valence-corrected chi connectivity index (χ2v) is 4.84. The van der Waals surface area contributed by atoms with Crippen LogP contribution in [0.15, 0.2) is 30.3 Å². The Bertz CT molecular complexity index is 310. The molecule has 0 amide bonds. The minimum atomic E-state index is -0.252. The highest BCUT2D eigenvalue weighted by Crippen LogP contribution is 2.26. The number of benzene rings is 1. The van der Waals surface area contributed by atoms with Gasteiger partial charge in [-0.05, 0) is 43.6 Å². The summed E-state index contributed by atoms with van der Waals surface area (Å²) in [5.74, 6) is 0.208. The van der Waals surface area contributed by atoms with Gasteiger partial charge in [-0.15, -0.1) is 0 Å². The smallest absolute Gasteiger partial charge is 0.0572 e. The third kappa shape index (κ3) is 3.06. The second-order valence-electron chi connectivity index (χ2n) is 4.84. The second kappa shape index (κ2) is 5.46. The molecule has 2 heteroatoms. The first-order valence-corrected chi connectivity index (χ1v) is 6.16. The fraction of sp³-hybridized carbons (Fsp3) is 0.571. The minimum Gasteiger partial charge on any atom is -0.393 e. The average Bonchev–Trinajstić information content (AvgIpc) is 2.43. The normalized spacial score (nSPS) is 31.0.